The van der Waals surface area contributed by atoms with E-state index in [1.807, 2.05) is 40.3 Å². The Hall–Kier alpha value is -3.04. The van der Waals surface area contributed by atoms with E-state index in [1.54, 1.807) is 23.9 Å². The van der Waals surface area contributed by atoms with Crippen molar-refractivity contribution in [1.29, 1.82) is 0 Å². The number of ether oxygens (including phenoxy) is 1. The van der Waals surface area contributed by atoms with Gasteiger partial charge in [0.15, 0.2) is 33.3 Å². The Bertz CT molecular complexity index is 1740. The minimum absolute atomic E-state index is 0.193. The summed E-state index contributed by atoms with van der Waals surface area (Å²) in [7, 11) is -5.61. The Kier molecular flexibility index (Phi) is 26.9. The van der Waals surface area contributed by atoms with Crippen molar-refractivity contribution in [2.45, 2.75) is 181 Å². The molecule has 0 atom stereocenters. The Morgan fingerprint density at radius 2 is 0.826 bits per heavy atom. The van der Waals surface area contributed by atoms with Gasteiger partial charge in [-0.2, -0.15) is 0 Å². The molecule has 0 aliphatic rings. The molecule has 0 aliphatic carbocycles. The van der Waals surface area contributed by atoms with Gasteiger partial charge in [0.25, 0.3) is 11.8 Å². The summed E-state index contributed by atoms with van der Waals surface area (Å²) in [5, 5.41) is 9.05. The topological polar surface area (TPSA) is 130 Å². The molecular formula is C52H94N6O7Si4. The molecule has 17 heteroatoms. The number of hydrogen-bond donors (Lipinski definition) is 0. The van der Waals surface area contributed by atoms with E-state index < -0.39 is 33.3 Å². The molecule has 0 spiro atoms. The fourth-order valence-electron chi connectivity index (χ4n) is 9.51. The largest absolute Gasteiger partial charge is 0.497 e. The van der Waals surface area contributed by atoms with Crippen molar-refractivity contribution in [3.63, 3.8) is 0 Å². The summed E-state index contributed by atoms with van der Waals surface area (Å²) in [5.41, 5.74) is 2.43. The zero-order chi connectivity index (χ0) is 50.9. The molecule has 3 aromatic rings. The lowest BCUT2D eigenvalue weighted by Gasteiger charge is -2.30. The Labute approximate surface area is 422 Å². The molecule has 2 heterocycles. The number of pyridine rings is 1. The molecule has 0 N–H and O–H groups in total. The second-order valence-corrected chi connectivity index (χ2v) is 37.8. The molecule has 2 aromatic heterocycles. The summed E-state index contributed by atoms with van der Waals surface area (Å²) in [6.07, 6.45) is 4.63. The van der Waals surface area contributed by atoms with E-state index in [4.69, 9.17) is 27.4 Å². The van der Waals surface area contributed by atoms with Crippen LogP contribution in [0.4, 0.5) is 0 Å². The molecule has 0 fully saturated rings. The number of amides is 2. The van der Waals surface area contributed by atoms with Crippen molar-refractivity contribution in [1.82, 2.24) is 29.8 Å². The van der Waals surface area contributed by atoms with Crippen LogP contribution < -0.4 is 4.74 Å². The zero-order valence-electron chi connectivity index (χ0n) is 45.6. The van der Waals surface area contributed by atoms with E-state index in [-0.39, 0.29) is 23.2 Å². The quantitative estimate of drug-likeness (QED) is 0.0406. The van der Waals surface area contributed by atoms with Gasteiger partial charge in [-0.15, -0.1) is 5.10 Å². The monoisotopic (exact) mass is 1030 g/mol. The third-order valence-electron chi connectivity index (χ3n) is 15.6. The summed E-state index contributed by atoms with van der Waals surface area (Å²) in [6, 6.07) is 24.0. The van der Waals surface area contributed by atoms with Crippen molar-refractivity contribution < 1.29 is 32.0 Å². The SMILES string of the molecule is CC[Si](CC)(CC)OCCCN(CCCO[Si](CC)(CC)CC)C(=O)c1cc(-n2cc(-c3ccc(OC)cc3)nn2)cc(C(=O)N(CCCO[Si](CC)(CC)CC)CCCO[Si](CC)(CC)CC)n1. The zero-order valence-corrected chi connectivity index (χ0v) is 49.6. The smallest absolute Gasteiger partial charge is 0.272 e. The van der Waals surface area contributed by atoms with Crippen molar-refractivity contribution in [2.24, 2.45) is 0 Å². The lowest BCUT2D eigenvalue weighted by atomic mass is 10.1. The maximum absolute atomic E-state index is 15.1. The summed E-state index contributed by atoms with van der Waals surface area (Å²) >= 11 is 0. The first kappa shape index (κ1) is 60.3. The highest BCUT2D eigenvalue weighted by Crippen LogP contribution is 2.27. The van der Waals surface area contributed by atoms with E-state index in [0.29, 0.717) is 89.7 Å². The third-order valence-corrected chi connectivity index (χ3v) is 34.4. The minimum atomic E-state index is -1.81. The number of aromatic nitrogens is 4. The number of hydrogen-bond acceptors (Lipinski definition) is 10. The third kappa shape index (κ3) is 17.3. The van der Waals surface area contributed by atoms with Gasteiger partial charge in [0, 0.05) is 58.2 Å². The maximum atomic E-state index is 15.1. The maximum Gasteiger partial charge on any atom is 0.272 e. The van der Waals surface area contributed by atoms with E-state index in [1.165, 1.54) is 0 Å². The molecular weight excluding hydrogens is 933 g/mol. The number of benzene rings is 1. The molecule has 2 amide bonds. The summed E-state index contributed by atoms with van der Waals surface area (Å²) in [5.74, 6) is 0.279. The van der Waals surface area contributed by atoms with Crippen LogP contribution in [0.2, 0.25) is 72.5 Å². The molecule has 3 rings (SSSR count). The molecule has 1 aromatic carbocycles. The molecule has 390 valence electrons. The molecule has 69 heavy (non-hydrogen) atoms. The fourth-order valence-corrected chi connectivity index (χ4v) is 20.3. The number of nitrogens with zero attached hydrogens (tertiary/aromatic N) is 6. The lowest BCUT2D eigenvalue weighted by Crippen LogP contribution is -2.40. The highest BCUT2D eigenvalue weighted by atomic mass is 28.4. The molecule has 0 unspecified atom stereocenters. The van der Waals surface area contributed by atoms with E-state index >= 15 is 9.59 Å². The minimum Gasteiger partial charge on any atom is -0.497 e. The summed E-state index contributed by atoms with van der Waals surface area (Å²) in [4.78, 5) is 38.8. The van der Waals surface area contributed by atoms with Gasteiger partial charge in [0.05, 0.1) is 19.0 Å². The Morgan fingerprint density at radius 3 is 1.12 bits per heavy atom. The van der Waals surface area contributed by atoms with Crippen LogP contribution in [0.15, 0.2) is 42.6 Å². The van der Waals surface area contributed by atoms with Gasteiger partial charge in [0.2, 0.25) is 0 Å². The van der Waals surface area contributed by atoms with Crippen LogP contribution >= 0.6 is 0 Å². The van der Waals surface area contributed by atoms with Crippen molar-refractivity contribution >= 4 is 45.1 Å². The molecule has 0 aliphatic heterocycles. The standard InChI is InChI=1S/C52H94N6O7Si4/c1-14-66(15-2,16-3)62-38-26-34-56(35-27-39-63-67(17-4,18-5)19-6)51(59)48-42-46(58-44-50(54-55-58)45-30-32-47(61-13)33-31-45)43-49(53-48)52(60)57(36-28-40-64-68(20-7,21-8)22-9)37-29-41-65-69(23-10,24-11)25-12/h30-33,42-44H,14-29,34-41H2,1-13H3. The lowest BCUT2D eigenvalue weighted by molar-refractivity contribution is 0.0723. The van der Waals surface area contributed by atoms with Gasteiger partial charge in [-0.05, 0) is 135 Å². The number of carbonyl (C=O) groups excluding carboxylic acids is 2. The van der Waals surface area contributed by atoms with Crippen molar-refractivity contribution in [2.75, 3.05) is 59.7 Å². The molecule has 0 saturated carbocycles. The highest BCUT2D eigenvalue weighted by molar-refractivity contribution is 6.74. The van der Waals surface area contributed by atoms with Crippen molar-refractivity contribution in [3.05, 3.63) is 54.0 Å². The predicted molar refractivity (Wildman–Crippen MR) is 294 cm³/mol. The first-order chi connectivity index (χ1) is 33.3. The number of methoxy groups -OCH3 is 1. The van der Waals surface area contributed by atoms with Crippen LogP contribution in [0.25, 0.3) is 16.9 Å². The Morgan fingerprint density at radius 1 is 0.507 bits per heavy atom. The predicted octanol–water partition coefficient (Wildman–Crippen LogP) is 12.9. The molecule has 0 saturated heterocycles. The van der Waals surface area contributed by atoms with Gasteiger partial charge >= 0.3 is 0 Å². The van der Waals surface area contributed by atoms with Gasteiger partial charge in [-0.3, -0.25) is 9.59 Å². The average molecular weight is 1030 g/mol. The fraction of sp³-hybridized carbons (Fsp3) is 0.712. The van der Waals surface area contributed by atoms with Crippen LogP contribution in [-0.2, 0) is 17.7 Å². The first-order valence-corrected chi connectivity index (χ1v) is 37.1. The van der Waals surface area contributed by atoms with Crippen LogP contribution in [-0.4, -0.2) is 135 Å². The second kappa shape index (κ2) is 30.7. The van der Waals surface area contributed by atoms with Gasteiger partial charge in [-0.1, -0.05) is 88.3 Å². The van der Waals surface area contributed by atoms with E-state index in [2.05, 4.69) is 93.4 Å². The second-order valence-electron chi connectivity index (χ2n) is 18.7. The highest BCUT2D eigenvalue weighted by Gasteiger charge is 2.32. The number of rotatable bonds is 37. The van der Waals surface area contributed by atoms with E-state index in [9.17, 15) is 0 Å². The van der Waals surface area contributed by atoms with Gasteiger partial charge in [0.1, 0.15) is 22.8 Å². The van der Waals surface area contributed by atoms with Crippen LogP contribution in [0.5, 0.6) is 5.75 Å². The number of carbonyl (C=O) groups is 2. The summed E-state index contributed by atoms with van der Waals surface area (Å²) < 4.78 is 33.7. The first-order valence-electron chi connectivity index (χ1n) is 27.0. The van der Waals surface area contributed by atoms with Gasteiger partial charge in [-0.25, -0.2) is 9.67 Å². The van der Waals surface area contributed by atoms with Crippen LogP contribution in [0, 0.1) is 0 Å². The average Bonchev–Trinajstić information content (AvgIpc) is 3.91. The van der Waals surface area contributed by atoms with E-state index in [0.717, 1.165) is 83.8 Å². The van der Waals surface area contributed by atoms with Crippen molar-refractivity contribution in [3.8, 4) is 22.7 Å². The Balaban J connectivity index is 2.10. The normalized spacial score (nSPS) is 12.4. The molecule has 13 nitrogen and oxygen atoms in total. The van der Waals surface area contributed by atoms with Crippen LogP contribution in [0.3, 0.4) is 0 Å². The molecule has 0 bridgehead atoms. The van der Waals surface area contributed by atoms with Gasteiger partial charge < -0.3 is 32.2 Å². The van der Waals surface area contributed by atoms with Crippen LogP contribution in [0.1, 0.15) is 130 Å². The summed E-state index contributed by atoms with van der Waals surface area (Å²) in [6.45, 7) is 31.3. The molecule has 0 radical (unpaired) electrons.